The van der Waals surface area contributed by atoms with E-state index < -0.39 is 17.4 Å². The second kappa shape index (κ2) is 6.19. The molecule has 0 aliphatic rings. The molecule has 7 nitrogen and oxygen atoms in total. The summed E-state index contributed by atoms with van der Waals surface area (Å²) in [5, 5.41) is 9.03. The van der Waals surface area contributed by atoms with Crippen LogP contribution >= 0.6 is 0 Å². The van der Waals surface area contributed by atoms with Crippen LogP contribution in [0, 0.1) is 0 Å². The summed E-state index contributed by atoms with van der Waals surface area (Å²) in [6.07, 6.45) is 0. The molecule has 17 heavy (non-hydrogen) atoms. The van der Waals surface area contributed by atoms with E-state index in [0.29, 0.717) is 6.54 Å². The lowest BCUT2D eigenvalue weighted by atomic mass is 10.0. The number of aliphatic carboxylic acids is 1. The largest absolute Gasteiger partial charge is 0.480 e. The summed E-state index contributed by atoms with van der Waals surface area (Å²) in [6.45, 7) is 6.37. The van der Waals surface area contributed by atoms with E-state index >= 15 is 0 Å². The van der Waals surface area contributed by atoms with Gasteiger partial charge in [0, 0.05) is 6.92 Å². The molecule has 0 radical (unpaired) electrons. The van der Waals surface area contributed by atoms with Gasteiger partial charge in [0.1, 0.15) is 5.54 Å². The van der Waals surface area contributed by atoms with Gasteiger partial charge in [-0.05, 0) is 20.4 Å². The molecule has 0 saturated heterocycles. The lowest BCUT2D eigenvalue weighted by Gasteiger charge is -2.33. The highest BCUT2D eigenvalue weighted by Crippen LogP contribution is 2.13. The number of nitrogens with one attached hydrogen (secondary N) is 2. The summed E-state index contributed by atoms with van der Waals surface area (Å²) in [6, 6.07) is 0. The SMILES string of the molecule is CCN(CC(=O)NNC(C)=O)C(C)(C)C(=O)O. The molecule has 0 aliphatic heterocycles. The fraction of sp³-hybridized carbons (Fsp3) is 0.700. The van der Waals surface area contributed by atoms with Crippen molar-refractivity contribution in [1.82, 2.24) is 15.8 Å². The summed E-state index contributed by atoms with van der Waals surface area (Å²) < 4.78 is 0. The smallest absolute Gasteiger partial charge is 0.323 e. The topological polar surface area (TPSA) is 98.7 Å². The van der Waals surface area contributed by atoms with Crippen LogP contribution in [0.1, 0.15) is 27.7 Å². The first kappa shape index (κ1) is 15.4. The second-order valence-electron chi connectivity index (χ2n) is 4.11. The molecule has 0 unspecified atom stereocenters. The molecular weight excluding hydrogens is 226 g/mol. The van der Waals surface area contributed by atoms with Crippen LogP contribution in [0.4, 0.5) is 0 Å². The lowest BCUT2D eigenvalue weighted by Crippen LogP contribution is -2.55. The second-order valence-corrected chi connectivity index (χ2v) is 4.11. The number of rotatable bonds is 5. The number of nitrogens with zero attached hydrogens (tertiary/aromatic N) is 1. The first-order valence-corrected chi connectivity index (χ1v) is 5.25. The number of amides is 2. The van der Waals surface area contributed by atoms with E-state index in [0.717, 1.165) is 0 Å². The van der Waals surface area contributed by atoms with E-state index in [4.69, 9.17) is 5.11 Å². The summed E-state index contributed by atoms with van der Waals surface area (Å²) in [5.41, 5.74) is 3.19. The number of hydrogen-bond acceptors (Lipinski definition) is 4. The fourth-order valence-corrected chi connectivity index (χ4v) is 1.21. The highest BCUT2D eigenvalue weighted by atomic mass is 16.4. The molecule has 0 saturated carbocycles. The number of likely N-dealkylation sites (N-methyl/N-ethyl adjacent to an activating group) is 1. The molecule has 0 rings (SSSR count). The Hall–Kier alpha value is -1.63. The van der Waals surface area contributed by atoms with Crippen molar-refractivity contribution in [2.45, 2.75) is 33.2 Å². The van der Waals surface area contributed by atoms with Gasteiger partial charge in [-0.2, -0.15) is 0 Å². The summed E-state index contributed by atoms with van der Waals surface area (Å²) in [5.74, 6) is -1.86. The zero-order chi connectivity index (χ0) is 13.6. The Morgan fingerprint density at radius 1 is 1.24 bits per heavy atom. The van der Waals surface area contributed by atoms with Gasteiger partial charge in [-0.3, -0.25) is 30.1 Å². The highest BCUT2D eigenvalue weighted by Gasteiger charge is 2.34. The molecule has 2 amide bonds. The van der Waals surface area contributed by atoms with Crippen molar-refractivity contribution < 1.29 is 19.5 Å². The minimum absolute atomic E-state index is 0.101. The molecule has 0 aromatic carbocycles. The van der Waals surface area contributed by atoms with E-state index in [1.807, 2.05) is 0 Å². The zero-order valence-corrected chi connectivity index (χ0v) is 10.5. The Balaban J connectivity index is 4.45. The molecule has 0 aromatic heterocycles. The molecule has 0 aliphatic carbocycles. The molecule has 98 valence electrons. The third-order valence-electron chi connectivity index (χ3n) is 2.41. The summed E-state index contributed by atoms with van der Waals surface area (Å²) in [4.78, 5) is 34.5. The van der Waals surface area contributed by atoms with Gasteiger partial charge in [-0.15, -0.1) is 0 Å². The van der Waals surface area contributed by atoms with E-state index in [2.05, 4.69) is 10.9 Å². The van der Waals surface area contributed by atoms with Crippen LogP contribution in [0.3, 0.4) is 0 Å². The van der Waals surface area contributed by atoms with Crippen LogP contribution in [0.5, 0.6) is 0 Å². The van der Waals surface area contributed by atoms with Crippen molar-refractivity contribution in [3.05, 3.63) is 0 Å². The fourth-order valence-electron chi connectivity index (χ4n) is 1.21. The molecule has 3 N–H and O–H groups in total. The number of hydrogen-bond donors (Lipinski definition) is 3. The molecule has 0 atom stereocenters. The Labute approximate surface area is 100 Å². The Morgan fingerprint density at radius 2 is 1.76 bits per heavy atom. The standard InChI is InChI=1S/C10H19N3O4/c1-5-13(10(3,4)9(16)17)6-8(15)12-11-7(2)14/h5-6H2,1-4H3,(H,11,14)(H,12,15)(H,16,17). The Bertz CT molecular complexity index is 315. The van der Waals surface area contributed by atoms with E-state index in [-0.39, 0.29) is 12.5 Å². The van der Waals surface area contributed by atoms with E-state index in [9.17, 15) is 14.4 Å². The molecule has 7 heteroatoms. The molecular formula is C10H19N3O4. The zero-order valence-electron chi connectivity index (χ0n) is 10.5. The maximum atomic E-state index is 11.4. The predicted molar refractivity (Wildman–Crippen MR) is 60.9 cm³/mol. The summed E-state index contributed by atoms with van der Waals surface area (Å²) in [7, 11) is 0. The third-order valence-corrected chi connectivity index (χ3v) is 2.41. The predicted octanol–water partition coefficient (Wildman–Crippen LogP) is -0.661. The molecule has 0 fully saturated rings. The van der Waals surface area contributed by atoms with Gasteiger partial charge in [-0.25, -0.2) is 0 Å². The minimum atomic E-state index is -1.14. The summed E-state index contributed by atoms with van der Waals surface area (Å²) >= 11 is 0. The van der Waals surface area contributed by atoms with Gasteiger partial charge in [0.2, 0.25) is 5.91 Å². The monoisotopic (exact) mass is 245 g/mol. The van der Waals surface area contributed by atoms with Crippen LogP contribution in [0.2, 0.25) is 0 Å². The van der Waals surface area contributed by atoms with Gasteiger partial charge in [0.15, 0.2) is 0 Å². The minimum Gasteiger partial charge on any atom is -0.480 e. The number of carbonyl (C=O) groups excluding carboxylic acids is 2. The molecule has 0 spiro atoms. The normalized spacial score (nSPS) is 11.1. The van der Waals surface area contributed by atoms with Crippen molar-refractivity contribution in [3.63, 3.8) is 0 Å². The maximum absolute atomic E-state index is 11.4. The number of hydrazine groups is 1. The van der Waals surface area contributed by atoms with Gasteiger partial charge < -0.3 is 5.11 Å². The van der Waals surface area contributed by atoms with Crippen LogP contribution in [0.25, 0.3) is 0 Å². The van der Waals surface area contributed by atoms with Gasteiger partial charge in [0.25, 0.3) is 5.91 Å². The van der Waals surface area contributed by atoms with Crippen LogP contribution in [-0.4, -0.2) is 46.4 Å². The molecule has 0 bridgehead atoms. The average Bonchev–Trinajstić information content (AvgIpc) is 2.22. The average molecular weight is 245 g/mol. The highest BCUT2D eigenvalue weighted by molar-refractivity contribution is 5.83. The van der Waals surface area contributed by atoms with Crippen molar-refractivity contribution in [3.8, 4) is 0 Å². The number of carboxylic acid groups (broad SMARTS) is 1. The van der Waals surface area contributed by atoms with E-state index in [1.165, 1.54) is 25.7 Å². The van der Waals surface area contributed by atoms with Gasteiger partial charge in [-0.1, -0.05) is 6.92 Å². The van der Waals surface area contributed by atoms with E-state index in [1.54, 1.807) is 6.92 Å². The first-order chi connectivity index (χ1) is 7.71. The van der Waals surface area contributed by atoms with Crippen molar-refractivity contribution in [2.24, 2.45) is 0 Å². The maximum Gasteiger partial charge on any atom is 0.323 e. The number of carbonyl (C=O) groups is 3. The van der Waals surface area contributed by atoms with Crippen molar-refractivity contribution in [2.75, 3.05) is 13.1 Å². The third kappa shape index (κ3) is 4.81. The van der Waals surface area contributed by atoms with Crippen LogP contribution in [-0.2, 0) is 14.4 Å². The van der Waals surface area contributed by atoms with Crippen molar-refractivity contribution >= 4 is 17.8 Å². The van der Waals surface area contributed by atoms with Crippen LogP contribution < -0.4 is 10.9 Å². The van der Waals surface area contributed by atoms with Gasteiger partial charge in [0.05, 0.1) is 6.54 Å². The van der Waals surface area contributed by atoms with Gasteiger partial charge >= 0.3 is 5.97 Å². The van der Waals surface area contributed by atoms with Crippen LogP contribution in [0.15, 0.2) is 0 Å². The molecule has 0 aromatic rings. The quantitative estimate of drug-likeness (QED) is 0.558. The Kier molecular flexibility index (Phi) is 5.60. The molecule has 0 heterocycles. The first-order valence-electron chi connectivity index (χ1n) is 5.25. The van der Waals surface area contributed by atoms with Crippen molar-refractivity contribution in [1.29, 1.82) is 0 Å². The number of carboxylic acids is 1. The Morgan fingerprint density at radius 3 is 2.12 bits per heavy atom. The lowest BCUT2D eigenvalue weighted by molar-refractivity contribution is -0.150.